The van der Waals surface area contributed by atoms with Gasteiger partial charge in [-0.25, -0.2) is 0 Å². The minimum atomic E-state index is -0.558. The van der Waals surface area contributed by atoms with E-state index >= 15 is 0 Å². The average Bonchev–Trinajstić information content (AvgIpc) is 2.98. The molecule has 0 radical (unpaired) electrons. The second-order valence-corrected chi connectivity index (χ2v) is 6.61. The van der Waals surface area contributed by atoms with Crippen LogP contribution in [-0.2, 0) is 6.54 Å². The number of likely N-dealkylation sites (N-methyl/N-ethyl adjacent to an activating group) is 1. The summed E-state index contributed by atoms with van der Waals surface area (Å²) in [6.45, 7) is 1.35. The van der Waals surface area contributed by atoms with Gasteiger partial charge in [-0.1, -0.05) is 30.3 Å². The number of aliphatic hydroxyl groups excluding tert-OH is 1. The molecular formula is C19H18N2OS. The summed E-state index contributed by atoms with van der Waals surface area (Å²) in [5, 5.41) is 22.7. The fraction of sp³-hybridized carbons (Fsp3) is 0.211. The van der Waals surface area contributed by atoms with Crippen molar-refractivity contribution in [1.82, 2.24) is 4.90 Å². The molecule has 0 aliphatic rings. The van der Waals surface area contributed by atoms with Crippen molar-refractivity contribution in [3.05, 3.63) is 70.6 Å². The normalized spacial score (nSPS) is 12.4. The maximum absolute atomic E-state index is 10.4. The number of rotatable bonds is 5. The zero-order chi connectivity index (χ0) is 16.2. The molecule has 0 bridgehead atoms. The highest BCUT2D eigenvalue weighted by atomic mass is 32.1. The molecule has 3 aromatic rings. The van der Waals surface area contributed by atoms with E-state index in [0.29, 0.717) is 12.1 Å². The Balaban J connectivity index is 1.66. The summed E-state index contributed by atoms with van der Waals surface area (Å²) in [6.07, 6.45) is -0.558. The number of thiophene rings is 1. The lowest BCUT2D eigenvalue weighted by Gasteiger charge is -2.20. The number of aliphatic hydroxyl groups is 1. The molecule has 1 N–H and O–H groups in total. The number of hydrogen-bond donors (Lipinski definition) is 1. The van der Waals surface area contributed by atoms with Gasteiger partial charge in [0.05, 0.1) is 17.7 Å². The van der Waals surface area contributed by atoms with Gasteiger partial charge in [0.1, 0.15) is 0 Å². The third-order valence-corrected chi connectivity index (χ3v) is 4.92. The van der Waals surface area contributed by atoms with Crippen molar-refractivity contribution in [3.63, 3.8) is 0 Å². The lowest BCUT2D eigenvalue weighted by molar-refractivity contribution is 0.124. The number of nitriles is 1. The van der Waals surface area contributed by atoms with E-state index in [1.807, 2.05) is 19.2 Å². The van der Waals surface area contributed by atoms with Gasteiger partial charge in [0.2, 0.25) is 0 Å². The van der Waals surface area contributed by atoms with Crippen molar-refractivity contribution in [1.29, 1.82) is 5.26 Å². The third kappa shape index (κ3) is 3.59. The first-order valence-corrected chi connectivity index (χ1v) is 8.37. The molecule has 0 aliphatic carbocycles. The fourth-order valence-corrected chi connectivity index (χ4v) is 3.64. The maximum Gasteiger partial charge on any atom is 0.0991 e. The summed E-state index contributed by atoms with van der Waals surface area (Å²) >= 11 is 1.76. The van der Waals surface area contributed by atoms with Crippen LogP contribution in [0.3, 0.4) is 0 Å². The van der Waals surface area contributed by atoms with E-state index in [1.54, 1.807) is 23.5 Å². The van der Waals surface area contributed by atoms with E-state index in [4.69, 9.17) is 5.26 Å². The Labute approximate surface area is 140 Å². The Hall–Kier alpha value is -2.19. The topological polar surface area (TPSA) is 47.3 Å². The van der Waals surface area contributed by atoms with Gasteiger partial charge in [0, 0.05) is 17.8 Å². The van der Waals surface area contributed by atoms with Gasteiger partial charge in [-0.2, -0.15) is 5.26 Å². The average molecular weight is 322 g/mol. The summed E-state index contributed by atoms with van der Waals surface area (Å²) in [5.74, 6) is 0. The Morgan fingerprint density at radius 1 is 1.17 bits per heavy atom. The first-order chi connectivity index (χ1) is 11.2. The molecule has 3 rings (SSSR count). The molecule has 0 aliphatic heterocycles. The van der Waals surface area contributed by atoms with E-state index < -0.39 is 6.10 Å². The predicted molar refractivity (Wildman–Crippen MR) is 94.3 cm³/mol. The fourth-order valence-electron chi connectivity index (χ4n) is 2.69. The lowest BCUT2D eigenvalue weighted by Crippen LogP contribution is -2.24. The predicted octanol–water partition coefficient (Wildman–Crippen LogP) is 3.94. The van der Waals surface area contributed by atoms with Crippen molar-refractivity contribution in [2.24, 2.45) is 0 Å². The smallest absolute Gasteiger partial charge is 0.0991 e. The second kappa shape index (κ2) is 6.93. The first kappa shape index (κ1) is 15.7. The molecule has 0 saturated heterocycles. The monoisotopic (exact) mass is 322 g/mol. The van der Waals surface area contributed by atoms with Gasteiger partial charge >= 0.3 is 0 Å². The van der Waals surface area contributed by atoms with Gasteiger partial charge in [-0.3, -0.25) is 4.90 Å². The summed E-state index contributed by atoms with van der Waals surface area (Å²) in [6, 6.07) is 17.6. The van der Waals surface area contributed by atoms with Crippen LogP contribution in [0.4, 0.5) is 0 Å². The van der Waals surface area contributed by atoms with Crippen LogP contribution in [0.25, 0.3) is 10.1 Å². The molecule has 0 fully saturated rings. The van der Waals surface area contributed by atoms with Gasteiger partial charge in [0.15, 0.2) is 0 Å². The van der Waals surface area contributed by atoms with Crippen LogP contribution in [0.1, 0.15) is 22.8 Å². The van der Waals surface area contributed by atoms with Crippen LogP contribution in [0.15, 0.2) is 53.9 Å². The highest BCUT2D eigenvalue weighted by molar-refractivity contribution is 7.17. The van der Waals surface area contributed by atoms with E-state index in [1.165, 1.54) is 15.6 Å². The molecule has 23 heavy (non-hydrogen) atoms. The molecule has 0 saturated carbocycles. The van der Waals surface area contributed by atoms with Gasteiger partial charge in [-0.15, -0.1) is 11.3 Å². The van der Waals surface area contributed by atoms with Crippen LogP contribution in [-0.4, -0.2) is 23.6 Å². The Morgan fingerprint density at radius 3 is 2.65 bits per heavy atom. The second-order valence-electron chi connectivity index (χ2n) is 5.70. The van der Waals surface area contributed by atoms with Gasteiger partial charge in [-0.05, 0) is 47.1 Å². The molecule has 2 aromatic carbocycles. The number of fused-ring (bicyclic) bond motifs is 1. The van der Waals surface area contributed by atoms with Crippen molar-refractivity contribution in [2.75, 3.05) is 13.6 Å². The van der Waals surface area contributed by atoms with Crippen LogP contribution in [0.2, 0.25) is 0 Å². The zero-order valence-corrected chi connectivity index (χ0v) is 13.8. The van der Waals surface area contributed by atoms with E-state index in [2.05, 4.69) is 40.6 Å². The minimum absolute atomic E-state index is 0.552. The Bertz CT molecular complexity index is 832. The molecule has 116 valence electrons. The molecule has 4 heteroatoms. The number of nitrogens with zero attached hydrogens (tertiary/aromatic N) is 2. The van der Waals surface area contributed by atoms with Crippen molar-refractivity contribution >= 4 is 21.4 Å². The van der Waals surface area contributed by atoms with Crippen LogP contribution in [0, 0.1) is 11.3 Å². The molecule has 0 amide bonds. The van der Waals surface area contributed by atoms with E-state index in [0.717, 1.165) is 12.1 Å². The van der Waals surface area contributed by atoms with Crippen molar-refractivity contribution in [3.8, 4) is 6.07 Å². The third-order valence-electron chi connectivity index (χ3n) is 3.91. The van der Waals surface area contributed by atoms with Gasteiger partial charge in [0.25, 0.3) is 0 Å². The highest BCUT2D eigenvalue weighted by Crippen LogP contribution is 2.27. The molecule has 3 nitrogen and oxygen atoms in total. The molecule has 1 aromatic heterocycles. The van der Waals surface area contributed by atoms with E-state index in [-0.39, 0.29) is 0 Å². The molecular weight excluding hydrogens is 304 g/mol. The quantitative estimate of drug-likeness (QED) is 0.774. The number of benzene rings is 2. The summed E-state index contributed by atoms with van der Waals surface area (Å²) in [7, 11) is 2.01. The molecule has 1 unspecified atom stereocenters. The summed E-state index contributed by atoms with van der Waals surface area (Å²) < 4.78 is 1.29. The summed E-state index contributed by atoms with van der Waals surface area (Å²) in [5.41, 5.74) is 2.74. The lowest BCUT2D eigenvalue weighted by atomic mass is 10.1. The van der Waals surface area contributed by atoms with Crippen LogP contribution in [0.5, 0.6) is 0 Å². The molecule has 1 atom stereocenters. The van der Waals surface area contributed by atoms with Crippen LogP contribution < -0.4 is 0 Å². The summed E-state index contributed by atoms with van der Waals surface area (Å²) in [4.78, 5) is 2.12. The maximum atomic E-state index is 10.4. The highest BCUT2D eigenvalue weighted by Gasteiger charge is 2.12. The minimum Gasteiger partial charge on any atom is -0.387 e. The van der Waals surface area contributed by atoms with Crippen molar-refractivity contribution in [2.45, 2.75) is 12.6 Å². The first-order valence-electron chi connectivity index (χ1n) is 7.49. The largest absolute Gasteiger partial charge is 0.387 e. The SMILES string of the molecule is CN(Cc1csc2ccccc12)CC(O)c1ccc(C#N)cc1. The molecule has 0 spiro atoms. The zero-order valence-electron chi connectivity index (χ0n) is 12.9. The van der Waals surface area contributed by atoms with Crippen molar-refractivity contribution < 1.29 is 5.11 Å². The standard InChI is InChI=1S/C19H18N2OS/c1-21(11-16-13-23-19-5-3-2-4-17(16)19)12-18(22)15-8-6-14(10-20)7-9-15/h2-9,13,18,22H,11-12H2,1H3. The van der Waals surface area contributed by atoms with Gasteiger partial charge < -0.3 is 5.11 Å². The Morgan fingerprint density at radius 2 is 1.91 bits per heavy atom. The Kier molecular flexibility index (Phi) is 4.73. The number of hydrogen-bond acceptors (Lipinski definition) is 4. The van der Waals surface area contributed by atoms with E-state index in [9.17, 15) is 5.11 Å². The van der Waals surface area contributed by atoms with Crippen LogP contribution >= 0.6 is 11.3 Å². The molecule has 1 heterocycles.